The van der Waals surface area contributed by atoms with E-state index >= 15 is 0 Å². The van der Waals surface area contributed by atoms with E-state index in [1.165, 1.54) is 2.14 Å². The minimum atomic E-state index is -3.80. The van der Waals surface area contributed by atoms with Crippen LogP contribution in [-0.4, -0.2) is 27.4 Å². The molecule has 0 heterocycles. The zero-order valence-corrected chi connectivity index (χ0v) is 8.85. The lowest BCUT2D eigenvalue weighted by atomic mass is 10.8. The summed E-state index contributed by atoms with van der Waals surface area (Å²) in [5.41, 5.74) is 0. The Balaban J connectivity index is 3.53. The van der Waals surface area contributed by atoms with Gasteiger partial charge in [-0.05, 0) is 0 Å². The Morgan fingerprint density at radius 1 is 1.67 bits per heavy atom. The lowest BCUT2D eigenvalue weighted by Gasteiger charge is -2.00. The molecule has 9 heavy (non-hydrogen) atoms. The van der Waals surface area contributed by atoms with Crippen LogP contribution < -0.4 is 0 Å². The highest BCUT2D eigenvalue weighted by molar-refractivity contribution is 14.1. The Bertz CT molecular complexity index is 167. The molecule has 0 fully saturated rings. The summed E-state index contributed by atoms with van der Waals surface area (Å²) < 4.78 is 29.7. The number of hydrogen-bond donors (Lipinski definition) is 1. The molecule has 0 bridgehead atoms. The van der Waals surface area contributed by atoms with E-state index in [9.17, 15) is 8.42 Å². The van der Waals surface area contributed by atoms with Gasteiger partial charge in [0.2, 0.25) is 0 Å². The van der Waals surface area contributed by atoms with Gasteiger partial charge in [0.15, 0.2) is 0 Å². The highest BCUT2D eigenvalue weighted by atomic mass is 127. The summed E-state index contributed by atoms with van der Waals surface area (Å²) in [5.74, 6) is -0.249. The first-order valence-electron chi connectivity index (χ1n) is 1.96. The van der Waals surface area contributed by atoms with Crippen LogP contribution >= 0.6 is 39.0 Å². The van der Waals surface area contributed by atoms with Gasteiger partial charge in [-0.2, -0.15) is 10.6 Å². The highest BCUT2D eigenvalue weighted by Crippen LogP contribution is 2.04. The Hall–Kier alpha value is 1.08. The van der Waals surface area contributed by atoms with Gasteiger partial charge < -0.3 is 0 Å². The fraction of sp³-hybridized carbons (Fsp3) is 1.00. The summed E-state index contributed by atoms with van der Waals surface area (Å²) in [6.07, 6.45) is 0. The lowest BCUT2D eigenvalue weighted by molar-refractivity contribution is 0.481. The van der Waals surface area contributed by atoms with Gasteiger partial charge in [0.25, 0.3) is 10.1 Å². The molecule has 0 aromatic carbocycles. The molecule has 0 aliphatic carbocycles. The fourth-order valence-electron chi connectivity index (χ4n) is 0.184. The summed E-state index contributed by atoms with van der Waals surface area (Å²) in [4.78, 5) is 0. The largest absolute Gasteiger partial charge is 0.286 e. The molecule has 0 saturated carbocycles. The molecule has 56 valence electrons. The van der Waals surface area contributed by atoms with Crippen molar-refractivity contribution in [3.8, 4) is 0 Å². The van der Waals surface area contributed by atoms with Crippen molar-refractivity contribution in [3.63, 3.8) is 0 Å². The first-order chi connectivity index (χ1) is 3.92. The molecule has 4 nitrogen and oxygen atoms in total. The minimum Gasteiger partial charge on any atom is -0.286 e. The maximum atomic E-state index is 10.0. The molecule has 0 aliphatic heterocycles. The topological polar surface area (TPSA) is 57.6 Å². The van der Waals surface area contributed by atoms with Gasteiger partial charge >= 0.3 is 0 Å². The van der Waals surface area contributed by atoms with Crippen molar-refractivity contribution in [2.45, 2.75) is 0 Å². The van der Waals surface area contributed by atoms with E-state index in [-0.39, 0.29) is 12.3 Å². The summed E-state index contributed by atoms with van der Waals surface area (Å²) in [5, 5.41) is 0. The van der Waals surface area contributed by atoms with Gasteiger partial charge in [0, 0.05) is 45.6 Å². The first-order valence-corrected chi connectivity index (χ1v) is 5.24. The summed E-state index contributed by atoms with van der Waals surface area (Å²) >= 11 is 4.83. The van der Waals surface area contributed by atoms with E-state index < -0.39 is 10.1 Å². The summed E-state index contributed by atoms with van der Waals surface area (Å²) in [6, 6.07) is 0. The van der Waals surface area contributed by atoms with E-state index in [0.29, 0.717) is 0 Å². The maximum Gasteiger partial charge on any atom is 0.266 e. The molecule has 0 saturated heterocycles. The van der Waals surface area contributed by atoms with E-state index in [0.717, 1.165) is 0 Å². The molecule has 0 rings (SSSR count). The van der Waals surface area contributed by atoms with Gasteiger partial charge in [-0.25, -0.2) is 0 Å². The third-order valence-electron chi connectivity index (χ3n) is 0.518. The van der Waals surface area contributed by atoms with Crippen molar-refractivity contribution in [1.82, 2.24) is 2.14 Å². The zero-order chi connectivity index (χ0) is 7.49. The smallest absolute Gasteiger partial charge is 0.266 e. The third kappa shape index (κ3) is 9.08. The normalized spacial score (nSPS) is 12.4. The van der Waals surface area contributed by atoms with Crippen LogP contribution in [0.4, 0.5) is 0 Å². The molecular weight excluding hydrogens is 325 g/mol. The van der Waals surface area contributed by atoms with Gasteiger partial charge in [0.1, 0.15) is 0 Å². The second kappa shape index (κ2) is 4.06. The van der Waals surface area contributed by atoms with E-state index in [1.807, 2.05) is 22.9 Å². The molecule has 0 aliphatic rings. The highest BCUT2D eigenvalue weighted by Gasteiger charge is 2.05. The number of nitrogens with zero attached hydrogens (tertiary/aromatic N) is 1. The predicted molar refractivity (Wildman–Crippen MR) is 46.1 cm³/mol. The molecule has 0 spiro atoms. The Morgan fingerprint density at radius 2 is 2.11 bits per heavy atom. The van der Waals surface area contributed by atoms with Crippen molar-refractivity contribution in [2.24, 2.45) is 0 Å². The minimum absolute atomic E-state index is 0.249. The van der Waals surface area contributed by atoms with Crippen molar-refractivity contribution < 1.29 is 13.0 Å². The lowest BCUT2D eigenvalue weighted by Crippen LogP contribution is -2.13. The van der Waals surface area contributed by atoms with Crippen LogP contribution in [0.2, 0.25) is 0 Å². The van der Waals surface area contributed by atoms with E-state index in [1.54, 1.807) is 0 Å². The standard InChI is InChI=1S/C2H5BrINO3S/c3-5(4)1-2-9(6,7)8/h1-2H2,(H,6,7,8). The molecule has 0 amide bonds. The first kappa shape index (κ1) is 10.1. The van der Waals surface area contributed by atoms with Gasteiger partial charge in [-0.15, -0.1) is 0 Å². The van der Waals surface area contributed by atoms with Crippen molar-refractivity contribution in [2.75, 3.05) is 12.3 Å². The quantitative estimate of drug-likeness (QED) is 0.473. The maximum absolute atomic E-state index is 10.0. The van der Waals surface area contributed by atoms with Crippen LogP contribution in [0.3, 0.4) is 0 Å². The summed E-state index contributed by atoms with van der Waals surface area (Å²) in [6.45, 7) is 0.263. The van der Waals surface area contributed by atoms with E-state index in [4.69, 9.17) is 4.55 Å². The van der Waals surface area contributed by atoms with Crippen LogP contribution in [0, 0.1) is 0 Å². The molecular formula is C2H5BrINO3S. The van der Waals surface area contributed by atoms with Crippen LogP contribution in [0.25, 0.3) is 0 Å². The molecule has 0 aromatic heterocycles. The Kier molecular flexibility index (Phi) is 4.55. The van der Waals surface area contributed by atoms with E-state index in [2.05, 4.69) is 16.1 Å². The van der Waals surface area contributed by atoms with Crippen molar-refractivity contribution in [1.29, 1.82) is 0 Å². The second-order valence-corrected chi connectivity index (χ2v) is 6.23. The average molecular weight is 330 g/mol. The van der Waals surface area contributed by atoms with Crippen LogP contribution in [0.15, 0.2) is 0 Å². The molecule has 0 atom stereocenters. The molecule has 0 aromatic rings. The molecule has 1 N–H and O–H groups in total. The fourth-order valence-corrected chi connectivity index (χ4v) is 1.58. The molecule has 7 heteroatoms. The second-order valence-electron chi connectivity index (χ2n) is 1.31. The van der Waals surface area contributed by atoms with Gasteiger partial charge in [-0.1, -0.05) is 0 Å². The van der Waals surface area contributed by atoms with Crippen LogP contribution in [-0.2, 0) is 10.1 Å². The summed E-state index contributed by atoms with van der Waals surface area (Å²) in [7, 11) is -3.80. The van der Waals surface area contributed by atoms with Gasteiger partial charge in [0.05, 0.1) is 5.75 Å². The monoisotopic (exact) mass is 329 g/mol. The van der Waals surface area contributed by atoms with Crippen LogP contribution in [0.5, 0.6) is 0 Å². The van der Waals surface area contributed by atoms with Crippen molar-refractivity contribution in [3.05, 3.63) is 0 Å². The number of rotatable bonds is 3. The predicted octanol–water partition coefficient (Wildman–Crippen LogP) is 0.836. The zero-order valence-electron chi connectivity index (χ0n) is 4.29. The third-order valence-corrected chi connectivity index (χ3v) is 2.05. The van der Waals surface area contributed by atoms with Gasteiger partial charge in [-0.3, -0.25) is 4.55 Å². The number of hydrogen-bond acceptors (Lipinski definition) is 3. The number of halogens is 2. The Labute approximate surface area is 76.2 Å². The Morgan fingerprint density at radius 3 is 2.22 bits per heavy atom. The molecule has 0 radical (unpaired) electrons. The SMILES string of the molecule is O=S(=O)(O)CCN(Br)I. The average Bonchev–Trinajstić information content (AvgIpc) is 1.59. The van der Waals surface area contributed by atoms with Crippen LogP contribution in [0.1, 0.15) is 0 Å². The van der Waals surface area contributed by atoms with Crippen molar-refractivity contribution >= 4 is 49.1 Å². The molecule has 0 unspecified atom stereocenters.